The molecule has 0 bridgehead atoms. The highest BCUT2D eigenvalue weighted by atomic mass is 16.5. The van der Waals surface area contributed by atoms with Crippen LogP contribution in [0.3, 0.4) is 0 Å². The first-order valence-corrected chi connectivity index (χ1v) is 12.5. The number of ether oxygens (including phenoxy) is 1. The van der Waals surface area contributed by atoms with Crippen molar-refractivity contribution in [3.05, 3.63) is 145 Å². The first-order valence-electron chi connectivity index (χ1n) is 12.5. The summed E-state index contributed by atoms with van der Waals surface area (Å²) in [6, 6.07) is 44.6. The highest BCUT2D eigenvalue weighted by molar-refractivity contribution is 5.89. The van der Waals surface area contributed by atoms with E-state index in [0.717, 1.165) is 44.7 Å². The van der Waals surface area contributed by atoms with Gasteiger partial charge in [0.15, 0.2) is 0 Å². The van der Waals surface area contributed by atoms with Crippen LogP contribution in [0, 0.1) is 0 Å². The number of fused-ring (bicyclic) bond motifs is 1. The third-order valence-electron chi connectivity index (χ3n) is 6.68. The molecule has 0 aliphatic heterocycles. The number of carboxylic acid groups (broad SMARTS) is 1. The number of nitrogens with zero attached hydrogens (tertiary/aromatic N) is 1. The topological polar surface area (TPSA) is 51.5 Å². The molecule has 1 heterocycles. The highest BCUT2D eigenvalue weighted by Crippen LogP contribution is 2.34. The Labute approximate surface area is 221 Å². The van der Waals surface area contributed by atoms with Gasteiger partial charge in [0.05, 0.1) is 17.0 Å². The van der Waals surface area contributed by atoms with E-state index in [0.29, 0.717) is 6.61 Å². The van der Waals surface area contributed by atoms with Crippen molar-refractivity contribution in [2.75, 3.05) is 0 Å². The van der Waals surface area contributed by atoms with Crippen LogP contribution in [0.25, 0.3) is 39.0 Å². The summed E-state index contributed by atoms with van der Waals surface area (Å²) in [5.74, 6) is -0.162. The predicted molar refractivity (Wildman–Crippen MR) is 152 cm³/mol. The van der Waals surface area contributed by atoms with Crippen molar-refractivity contribution in [3.8, 4) is 34.0 Å². The maximum atomic E-state index is 11.1. The van der Waals surface area contributed by atoms with Crippen molar-refractivity contribution >= 4 is 16.7 Å². The first-order chi connectivity index (χ1) is 18.7. The molecule has 0 radical (unpaired) electrons. The molecule has 1 N–H and O–H groups in total. The van der Waals surface area contributed by atoms with Gasteiger partial charge in [-0.15, -0.1) is 0 Å². The quantitative estimate of drug-likeness (QED) is 0.243. The monoisotopic (exact) mass is 495 g/mol. The molecule has 0 fully saturated rings. The highest BCUT2D eigenvalue weighted by Gasteiger charge is 2.14. The Morgan fingerprint density at radius 1 is 0.632 bits per heavy atom. The number of para-hydroxylation sites is 1. The molecule has 0 saturated carbocycles. The summed E-state index contributed by atoms with van der Waals surface area (Å²) in [7, 11) is 0. The zero-order valence-corrected chi connectivity index (χ0v) is 20.6. The van der Waals surface area contributed by atoms with Gasteiger partial charge in [0, 0.05) is 5.69 Å². The summed E-state index contributed by atoms with van der Waals surface area (Å²) in [4.78, 5) is 11.1. The zero-order valence-electron chi connectivity index (χ0n) is 20.6. The minimum atomic E-state index is -0.932. The van der Waals surface area contributed by atoms with Crippen LogP contribution in [0.2, 0.25) is 0 Å². The summed E-state index contributed by atoms with van der Waals surface area (Å²) < 4.78 is 8.30. The largest absolute Gasteiger partial charge is 0.489 e. The third-order valence-corrected chi connectivity index (χ3v) is 6.68. The minimum absolute atomic E-state index is 0.268. The summed E-state index contributed by atoms with van der Waals surface area (Å²) >= 11 is 0. The molecule has 6 aromatic rings. The third kappa shape index (κ3) is 4.67. The van der Waals surface area contributed by atoms with Gasteiger partial charge in [0.25, 0.3) is 0 Å². The maximum absolute atomic E-state index is 11.1. The van der Waals surface area contributed by atoms with Crippen LogP contribution in [0.4, 0.5) is 0 Å². The van der Waals surface area contributed by atoms with E-state index in [-0.39, 0.29) is 5.56 Å². The molecule has 0 unspecified atom stereocenters. The van der Waals surface area contributed by atoms with E-state index in [2.05, 4.69) is 89.5 Å². The number of benzene rings is 5. The predicted octanol–water partition coefficient (Wildman–Crippen LogP) is 8.24. The molecule has 4 nitrogen and oxygen atoms in total. The summed E-state index contributed by atoms with van der Waals surface area (Å²) in [6.07, 6.45) is 0. The van der Waals surface area contributed by atoms with E-state index >= 15 is 0 Å². The fourth-order valence-corrected chi connectivity index (χ4v) is 4.73. The number of carbonyl (C=O) groups is 1. The van der Waals surface area contributed by atoms with E-state index in [4.69, 9.17) is 9.84 Å². The lowest BCUT2D eigenvalue weighted by Crippen LogP contribution is -1.99. The Morgan fingerprint density at radius 2 is 1.26 bits per heavy atom. The van der Waals surface area contributed by atoms with E-state index < -0.39 is 5.97 Å². The van der Waals surface area contributed by atoms with E-state index in [9.17, 15) is 4.79 Å². The average molecular weight is 496 g/mol. The molecule has 0 aliphatic rings. The molecule has 1 aromatic heterocycles. The second-order valence-electron chi connectivity index (χ2n) is 9.16. The molecule has 4 heteroatoms. The standard InChI is InChI=1S/C34H25NO3/c36-34(37)26-13-11-24(12-14-26)23-38-31-18-17-27-21-29(16-15-28(27)22-31)33-20-19-32(25-7-3-1-4-8-25)35(33)30-9-5-2-6-10-30/h1-22H,23H2,(H,36,37). The van der Waals surface area contributed by atoms with Crippen molar-refractivity contribution < 1.29 is 14.6 Å². The van der Waals surface area contributed by atoms with Gasteiger partial charge in [-0.25, -0.2) is 4.79 Å². The van der Waals surface area contributed by atoms with Crippen LogP contribution in [0.15, 0.2) is 133 Å². The smallest absolute Gasteiger partial charge is 0.335 e. The molecule has 38 heavy (non-hydrogen) atoms. The van der Waals surface area contributed by atoms with Crippen LogP contribution in [-0.4, -0.2) is 15.6 Å². The zero-order chi connectivity index (χ0) is 25.9. The molecule has 0 aliphatic carbocycles. The number of rotatable bonds is 7. The van der Waals surface area contributed by atoms with Gasteiger partial charge in [-0.3, -0.25) is 0 Å². The number of carboxylic acids is 1. The van der Waals surface area contributed by atoms with Gasteiger partial charge < -0.3 is 14.4 Å². The van der Waals surface area contributed by atoms with Crippen molar-refractivity contribution in [3.63, 3.8) is 0 Å². The summed E-state index contributed by atoms with van der Waals surface area (Å²) in [5.41, 5.74) is 6.88. The molecular formula is C34H25NO3. The summed E-state index contributed by atoms with van der Waals surface area (Å²) in [6.45, 7) is 0.371. The second kappa shape index (κ2) is 10.1. The van der Waals surface area contributed by atoms with Crippen molar-refractivity contribution in [1.82, 2.24) is 4.57 Å². The van der Waals surface area contributed by atoms with Crippen LogP contribution in [0.1, 0.15) is 15.9 Å². The molecule has 184 valence electrons. The Bertz CT molecular complexity index is 1720. The van der Waals surface area contributed by atoms with E-state index in [1.165, 1.54) is 5.56 Å². The van der Waals surface area contributed by atoms with E-state index in [1.54, 1.807) is 24.3 Å². The molecule has 6 rings (SSSR count). The SMILES string of the molecule is O=C(O)c1ccc(COc2ccc3cc(-c4ccc(-c5ccccc5)n4-c4ccccc4)ccc3c2)cc1. The molecule has 0 amide bonds. The van der Waals surface area contributed by atoms with Crippen LogP contribution in [-0.2, 0) is 6.61 Å². The molecule has 5 aromatic carbocycles. The van der Waals surface area contributed by atoms with Gasteiger partial charge >= 0.3 is 5.97 Å². The minimum Gasteiger partial charge on any atom is -0.489 e. The lowest BCUT2D eigenvalue weighted by Gasteiger charge is -2.15. The van der Waals surface area contributed by atoms with Crippen molar-refractivity contribution in [1.29, 1.82) is 0 Å². The first kappa shape index (κ1) is 23.3. The number of aromatic carboxylic acids is 1. The normalized spacial score (nSPS) is 10.9. The van der Waals surface area contributed by atoms with Gasteiger partial charge in [0.1, 0.15) is 12.4 Å². The van der Waals surface area contributed by atoms with Gasteiger partial charge in [-0.1, -0.05) is 78.9 Å². The maximum Gasteiger partial charge on any atom is 0.335 e. The van der Waals surface area contributed by atoms with Gasteiger partial charge in [0.2, 0.25) is 0 Å². The molecular weight excluding hydrogens is 470 g/mol. The van der Waals surface area contributed by atoms with Crippen LogP contribution >= 0.6 is 0 Å². The average Bonchev–Trinajstić information content (AvgIpc) is 3.42. The molecule has 0 spiro atoms. The molecule has 0 atom stereocenters. The van der Waals surface area contributed by atoms with Crippen molar-refractivity contribution in [2.45, 2.75) is 6.61 Å². The fourth-order valence-electron chi connectivity index (χ4n) is 4.73. The lowest BCUT2D eigenvalue weighted by molar-refractivity contribution is 0.0697. The van der Waals surface area contributed by atoms with E-state index in [1.807, 2.05) is 24.3 Å². The molecule has 0 saturated heterocycles. The van der Waals surface area contributed by atoms with Gasteiger partial charge in [-0.2, -0.15) is 0 Å². The Morgan fingerprint density at radius 3 is 1.97 bits per heavy atom. The Balaban J connectivity index is 1.31. The Kier molecular flexibility index (Phi) is 6.20. The lowest BCUT2D eigenvalue weighted by atomic mass is 10.0. The summed E-state index contributed by atoms with van der Waals surface area (Å²) in [5, 5.41) is 11.3. The second-order valence-corrected chi connectivity index (χ2v) is 9.16. The fraction of sp³-hybridized carbons (Fsp3) is 0.0294. The van der Waals surface area contributed by atoms with Crippen molar-refractivity contribution in [2.24, 2.45) is 0 Å². The van der Waals surface area contributed by atoms with Crippen LogP contribution < -0.4 is 4.74 Å². The number of hydrogen-bond acceptors (Lipinski definition) is 2. The number of hydrogen-bond donors (Lipinski definition) is 1. The number of aromatic nitrogens is 1. The van der Waals surface area contributed by atoms with Gasteiger partial charge in [-0.05, 0) is 82.1 Å². The van der Waals surface area contributed by atoms with Crippen LogP contribution in [0.5, 0.6) is 5.75 Å². The Hall–Kier alpha value is -5.09.